The number of sulfone groups is 1. The molecule has 0 fully saturated rings. The first-order chi connectivity index (χ1) is 18.1. The summed E-state index contributed by atoms with van der Waals surface area (Å²) in [5.74, 6) is -0.189. The molecule has 0 radical (unpaired) electrons. The summed E-state index contributed by atoms with van der Waals surface area (Å²) < 4.78 is 27.7. The molecule has 38 heavy (non-hydrogen) atoms. The minimum Gasteiger partial charge on any atom is -0.383 e. The van der Waals surface area contributed by atoms with Gasteiger partial charge in [0.2, 0.25) is 9.84 Å². The molecule has 0 amide bonds. The summed E-state index contributed by atoms with van der Waals surface area (Å²) in [6.45, 7) is 2.52. The molecule has 196 valence electrons. The largest absolute Gasteiger partial charge is 0.383 e. The summed E-state index contributed by atoms with van der Waals surface area (Å²) in [5, 5.41) is 15.8. The molecular formula is C28H29N5O2S3. The second kappa shape index (κ2) is 11.4. The first-order valence-corrected chi connectivity index (χ1v) is 15.3. The van der Waals surface area contributed by atoms with E-state index in [2.05, 4.69) is 0 Å². The van der Waals surface area contributed by atoms with Crippen molar-refractivity contribution in [3.05, 3.63) is 94.9 Å². The fourth-order valence-corrected chi connectivity index (χ4v) is 8.09. The van der Waals surface area contributed by atoms with Gasteiger partial charge in [-0.2, -0.15) is 0 Å². The van der Waals surface area contributed by atoms with E-state index in [1.165, 1.54) is 29.2 Å². The highest BCUT2D eigenvalue weighted by molar-refractivity contribution is 8.01. The fraction of sp³-hybridized carbons (Fsp3) is 0.143. The molecular weight excluding hydrogens is 535 g/mol. The van der Waals surface area contributed by atoms with Gasteiger partial charge >= 0.3 is 0 Å². The number of nitrogens with zero attached hydrogens (tertiary/aromatic N) is 1. The van der Waals surface area contributed by atoms with Crippen LogP contribution < -0.4 is 16.4 Å². The Labute approximate surface area is 231 Å². The van der Waals surface area contributed by atoms with Crippen LogP contribution in [0.15, 0.2) is 92.9 Å². The lowest BCUT2D eigenvalue weighted by Crippen LogP contribution is -2.38. The van der Waals surface area contributed by atoms with Crippen molar-refractivity contribution in [2.45, 2.75) is 27.3 Å². The maximum Gasteiger partial charge on any atom is 0.208 e. The van der Waals surface area contributed by atoms with Gasteiger partial charge in [-0.15, -0.1) is 23.1 Å². The Balaban J connectivity index is 1.65. The van der Waals surface area contributed by atoms with Crippen LogP contribution in [0.3, 0.4) is 0 Å². The number of guanidine groups is 1. The van der Waals surface area contributed by atoms with Gasteiger partial charge in [0.25, 0.3) is 0 Å². The van der Waals surface area contributed by atoms with Gasteiger partial charge in [0.1, 0.15) is 5.84 Å². The van der Waals surface area contributed by atoms with Crippen molar-refractivity contribution in [2.24, 2.45) is 11.5 Å². The number of nitrogens with one attached hydrogen (secondary N) is 2. The molecule has 7 nitrogen and oxygen atoms in total. The molecule has 0 spiro atoms. The third-order valence-corrected chi connectivity index (χ3v) is 10.5. The lowest BCUT2D eigenvalue weighted by atomic mass is 9.99. The summed E-state index contributed by atoms with van der Waals surface area (Å²) in [6.07, 6.45) is 2.55. The van der Waals surface area contributed by atoms with Crippen molar-refractivity contribution in [3.8, 4) is 11.1 Å². The molecule has 0 saturated carbocycles. The Morgan fingerprint density at radius 3 is 2.34 bits per heavy atom. The lowest BCUT2D eigenvalue weighted by molar-refractivity contribution is 0.595. The average Bonchev–Trinajstić information content (AvgIpc) is 3.35. The predicted octanol–water partition coefficient (Wildman–Crippen LogP) is 5.50. The lowest BCUT2D eigenvalue weighted by Gasteiger charge is -2.24. The van der Waals surface area contributed by atoms with Crippen LogP contribution in [-0.2, 0) is 16.3 Å². The summed E-state index contributed by atoms with van der Waals surface area (Å²) in [4.78, 5) is 2.53. The highest BCUT2D eigenvalue weighted by atomic mass is 32.2. The van der Waals surface area contributed by atoms with Gasteiger partial charge in [0, 0.05) is 12.2 Å². The second-order valence-electron chi connectivity index (χ2n) is 8.68. The third kappa shape index (κ3) is 5.77. The number of thiophene rings is 1. The molecule has 0 aliphatic heterocycles. The van der Waals surface area contributed by atoms with Crippen LogP contribution in [0, 0.1) is 17.7 Å². The minimum absolute atomic E-state index is 0.0357. The van der Waals surface area contributed by atoms with Crippen LogP contribution in [0.5, 0.6) is 0 Å². The van der Waals surface area contributed by atoms with Crippen LogP contribution in [0.25, 0.3) is 11.1 Å². The van der Waals surface area contributed by atoms with E-state index in [-0.39, 0.29) is 21.6 Å². The van der Waals surface area contributed by atoms with Gasteiger partial charge in [0.15, 0.2) is 5.96 Å². The minimum atomic E-state index is -3.82. The topological polar surface area (TPSA) is 137 Å². The molecule has 6 N–H and O–H groups in total. The number of nitrogens with two attached hydrogens (primary N) is 2. The maximum atomic E-state index is 13.6. The van der Waals surface area contributed by atoms with Crippen LogP contribution in [0.4, 0.5) is 5.69 Å². The van der Waals surface area contributed by atoms with E-state index >= 15 is 0 Å². The average molecular weight is 564 g/mol. The zero-order valence-electron chi connectivity index (χ0n) is 21.1. The zero-order chi connectivity index (χ0) is 27.4. The number of hydrogen-bond acceptors (Lipinski definition) is 6. The zero-order valence-corrected chi connectivity index (χ0v) is 23.5. The molecule has 4 rings (SSSR count). The standard InChI is InChI=1S/C28H29N5O2S3/c1-18-15-21(33(28(31)32)14-13-19-7-4-3-5-8-19)11-12-23(18)20-9-6-10-22(16-20)38(34,35)25-17-24(26(29)30)37-27(25)36-2/h3-12,15-17H,13-14H2,1-2H3,(H3,29,30)(H3,31,32). The van der Waals surface area contributed by atoms with E-state index in [1.807, 2.05) is 61.5 Å². The molecule has 1 heterocycles. The summed E-state index contributed by atoms with van der Waals surface area (Å²) in [6, 6.07) is 24.2. The van der Waals surface area contributed by atoms with Gasteiger partial charge in [0.05, 0.1) is 18.9 Å². The quantitative estimate of drug-likeness (QED) is 0.120. The highest BCUT2D eigenvalue weighted by Gasteiger charge is 2.25. The van der Waals surface area contributed by atoms with E-state index < -0.39 is 9.84 Å². The van der Waals surface area contributed by atoms with E-state index in [4.69, 9.17) is 22.3 Å². The Hall–Kier alpha value is -3.60. The molecule has 0 aliphatic rings. The predicted molar refractivity (Wildman–Crippen MR) is 159 cm³/mol. The van der Waals surface area contributed by atoms with Crippen molar-refractivity contribution in [3.63, 3.8) is 0 Å². The number of benzene rings is 3. The summed E-state index contributed by atoms with van der Waals surface area (Å²) >= 11 is 2.53. The second-order valence-corrected chi connectivity index (χ2v) is 12.7. The molecule has 0 aliphatic carbocycles. The monoisotopic (exact) mass is 563 g/mol. The molecule has 0 unspecified atom stereocenters. The molecule has 0 atom stereocenters. The number of nitrogen functional groups attached to an aromatic ring is 1. The number of amidine groups is 1. The summed E-state index contributed by atoms with van der Waals surface area (Å²) in [5.41, 5.74) is 16.1. The van der Waals surface area contributed by atoms with Crippen molar-refractivity contribution in [1.82, 2.24) is 0 Å². The van der Waals surface area contributed by atoms with Crippen LogP contribution in [0.1, 0.15) is 16.0 Å². The SMILES string of the molecule is CSc1sc(C(=N)N)cc1S(=O)(=O)c1cccc(-c2ccc(N(CCc3ccccc3)C(=N)N)cc2C)c1. The van der Waals surface area contributed by atoms with Crippen LogP contribution in [-0.4, -0.2) is 33.0 Å². The Bertz CT molecular complexity index is 1600. The van der Waals surface area contributed by atoms with Gasteiger partial charge in [-0.05, 0) is 72.2 Å². The Kier molecular flexibility index (Phi) is 8.25. The van der Waals surface area contributed by atoms with Crippen LogP contribution >= 0.6 is 23.1 Å². The highest BCUT2D eigenvalue weighted by Crippen LogP contribution is 2.38. The molecule has 4 aromatic rings. The smallest absolute Gasteiger partial charge is 0.208 e. The van der Waals surface area contributed by atoms with Gasteiger partial charge in [-0.3, -0.25) is 10.8 Å². The van der Waals surface area contributed by atoms with Crippen LogP contribution in [0.2, 0.25) is 0 Å². The van der Waals surface area contributed by atoms with E-state index in [0.29, 0.717) is 15.6 Å². The molecule has 3 aromatic carbocycles. The maximum absolute atomic E-state index is 13.6. The van der Waals surface area contributed by atoms with Gasteiger partial charge in [-0.25, -0.2) is 8.42 Å². The van der Waals surface area contributed by atoms with E-state index in [1.54, 1.807) is 29.4 Å². The van der Waals surface area contributed by atoms with Crippen molar-refractivity contribution >= 4 is 50.4 Å². The molecule has 10 heteroatoms. The first kappa shape index (κ1) is 27.4. The fourth-order valence-electron chi connectivity index (χ4n) is 4.19. The normalized spacial score (nSPS) is 11.3. The Morgan fingerprint density at radius 2 is 1.71 bits per heavy atom. The van der Waals surface area contributed by atoms with Crippen molar-refractivity contribution < 1.29 is 8.42 Å². The number of thioether (sulfide) groups is 1. The molecule has 0 saturated heterocycles. The third-order valence-electron chi connectivity index (χ3n) is 6.14. The van der Waals surface area contributed by atoms with E-state index in [9.17, 15) is 8.42 Å². The first-order valence-electron chi connectivity index (χ1n) is 11.8. The summed E-state index contributed by atoms with van der Waals surface area (Å²) in [7, 11) is -3.82. The number of anilines is 1. The van der Waals surface area contributed by atoms with Gasteiger partial charge in [-0.1, -0.05) is 48.5 Å². The Morgan fingerprint density at radius 1 is 0.974 bits per heavy atom. The number of aryl methyl sites for hydroxylation is 1. The number of rotatable bonds is 9. The van der Waals surface area contributed by atoms with E-state index in [0.717, 1.165) is 34.4 Å². The molecule has 0 bridgehead atoms. The molecule has 1 aromatic heterocycles. The van der Waals surface area contributed by atoms with Gasteiger partial charge < -0.3 is 16.4 Å². The number of hydrogen-bond donors (Lipinski definition) is 4. The van der Waals surface area contributed by atoms with Crippen molar-refractivity contribution in [2.75, 3.05) is 17.7 Å². The van der Waals surface area contributed by atoms with Crippen molar-refractivity contribution in [1.29, 1.82) is 10.8 Å².